The zero-order chi connectivity index (χ0) is 7.56. The Balaban J connectivity index is 2.40. The molecule has 0 spiro atoms. The molecule has 0 aliphatic heterocycles. The summed E-state index contributed by atoms with van der Waals surface area (Å²) in [5.41, 5.74) is 0. The van der Waals surface area contributed by atoms with Crippen LogP contribution < -0.4 is 0 Å². The van der Waals surface area contributed by atoms with Crippen LogP contribution in [-0.2, 0) is 4.79 Å². The highest BCUT2D eigenvalue weighted by atomic mass is 16.3. The van der Waals surface area contributed by atoms with Crippen molar-refractivity contribution < 1.29 is 9.90 Å². The highest BCUT2D eigenvalue weighted by molar-refractivity contribution is 5.83. The van der Waals surface area contributed by atoms with Crippen molar-refractivity contribution in [3.63, 3.8) is 0 Å². The minimum Gasteiger partial charge on any atom is -0.385 e. The molecule has 0 bridgehead atoms. The first-order valence-corrected chi connectivity index (χ1v) is 3.94. The summed E-state index contributed by atoms with van der Waals surface area (Å²) < 4.78 is 0. The summed E-state index contributed by atoms with van der Waals surface area (Å²) in [6.07, 6.45) is 2.69. The summed E-state index contributed by atoms with van der Waals surface area (Å²) >= 11 is 0. The minimum absolute atomic E-state index is 0.0321. The van der Waals surface area contributed by atoms with Gasteiger partial charge in [-0.3, -0.25) is 4.79 Å². The third-order valence-corrected chi connectivity index (χ3v) is 2.30. The van der Waals surface area contributed by atoms with Gasteiger partial charge in [0.25, 0.3) is 0 Å². The summed E-state index contributed by atoms with van der Waals surface area (Å²) in [6, 6.07) is 0. The van der Waals surface area contributed by atoms with Gasteiger partial charge in [0.2, 0.25) is 0 Å². The van der Waals surface area contributed by atoms with Crippen LogP contribution in [-0.4, -0.2) is 17.0 Å². The molecule has 2 atom stereocenters. The molecule has 1 saturated carbocycles. The van der Waals surface area contributed by atoms with E-state index in [0.717, 1.165) is 12.8 Å². The quantitative estimate of drug-likeness (QED) is 0.595. The van der Waals surface area contributed by atoms with Crippen LogP contribution in [0, 0.1) is 5.92 Å². The number of carbonyl (C=O) groups excluding carboxylic acids is 1. The molecule has 0 aromatic heterocycles. The molecule has 10 heavy (non-hydrogen) atoms. The lowest BCUT2D eigenvalue weighted by atomic mass is 9.85. The molecule has 58 valence electrons. The lowest BCUT2D eigenvalue weighted by Crippen LogP contribution is -2.28. The molecule has 0 radical (unpaired) electrons. The van der Waals surface area contributed by atoms with E-state index < -0.39 is 6.10 Å². The van der Waals surface area contributed by atoms with Gasteiger partial charge in [0.05, 0.1) is 0 Å². The van der Waals surface area contributed by atoms with Crippen molar-refractivity contribution in [3.05, 3.63) is 0 Å². The fraction of sp³-hybridized carbons (Fsp3) is 0.875. The van der Waals surface area contributed by atoms with E-state index >= 15 is 0 Å². The summed E-state index contributed by atoms with van der Waals surface area (Å²) in [7, 11) is 0. The second-order valence-corrected chi connectivity index (χ2v) is 3.03. The Labute approximate surface area is 61.2 Å². The molecule has 1 aliphatic carbocycles. The first-order chi connectivity index (χ1) is 4.74. The van der Waals surface area contributed by atoms with E-state index in [-0.39, 0.29) is 5.78 Å². The van der Waals surface area contributed by atoms with Crippen LogP contribution in [0.3, 0.4) is 0 Å². The predicted molar refractivity (Wildman–Crippen MR) is 38.6 cm³/mol. The summed E-state index contributed by atoms with van der Waals surface area (Å²) in [5, 5.41) is 9.13. The maximum Gasteiger partial charge on any atom is 0.161 e. The van der Waals surface area contributed by atoms with Crippen LogP contribution in [0.25, 0.3) is 0 Å². The Kier molecular flexibility index (Phi) is 2.44. The van der Waals surface area contributed by atoms with Crippen molar-refractivity contribution in [2.75, 3.05) is 0 Å². The summed E-state index contributed by atoms with van der Waals surface area (Å²) in [4.78, 5) is 10.8. The molecule has 0 aromatic rings. The third kappa shape index (κ3) is 1.57. The second kappa shape index (κ2) is 3.15. The van der Waals surface area contributed by atoms with Crippen LogP contribution in [0.1, 0.15) is 32.6 Å². The summed E-state index contributed by atoms with van der Waals surface area (Å²) in [6.45, 7) is 2.10. The molecular weight excluding hydrogens is 128 g/mol. The lowest BCUT2D eigenvalue weighted by molar-refractivity contribution is -0.130. The average Bonchev–Trinajstić information content (AvgIpc) is 1.95. The maximum absolute atomic E-state index is 10.8. The smallest absolute Gasteiger partial charge is 0.161 e. The predicted octanol–water partition coefficient (Wildman–Crippen LogP) is 1.13. The van der Waals surface area contributed by atoms with Gasteiger partial charge in [0, 0.05) is 6.42 Å². The van der Waals surface area contributed by atoms with Crippen LogP contribution >= 0.6 is 0 Å². The van der Waals surface area contributed by atoms with Gasteiger partial charge in [0.1, 0.15) is 6.10 Å². The molecule has 1 aliphatic rings. The van der Waals surface area contributed by atoms with E-state index in [4.69, 9.17) is 5.11 Å². The first-order valence-electron chi connectivity index (χ1n) is 3.94. The van der Waals surface area contributed by atoms with Crippen molar-refractivity contribution in [1.82, 2.24) is 0 Å². The maximum atomic E-state index is 10.8. The van der Waals surface area contributed by atoms with Gasteiger partial charge in [-0.15, -0.1) is 0 Å². The highest BCUT2D eigenvalue weighted by Crippen LogP contribution is 2.23. The second-order valence-electron chi connectivity index (χ2n) is 3.03. The molecule has 0 amide bonds. The largest absolute Gasteiger partial charge is 0.385 e. The zero-order valence-electron chi connectivity index (χ0n) is 6.34. The molecule has 1 fully saturated rings. The minimum atomic E-state index is -0.654. The van der Waals surface area contributed by atoms with Crippen molar-refractivity contribution in [1.29, 1.82) is 0 Å². The number of carbonyl (C=O) groups is 1. The Morgan fingerprint density at radius 1 is 1.70 bits per heavy atom. The number of hydrogen-bond acceptors (Lipinski definition) is 2. The SMILES string of the molecule is CCC1CCC(=O)C(O)C1. The number of aliphatic hydroxyl groups excluding tert-OH is 1. The van der Waals surface area contributed by atoms with E-state index in [1.54, 1.807) is 0 Å². The van der Waals surface area contributed by atoms with Crippen molar-refractivity contribution >= 4 is 5.78 Å². The van der Waals surface area contributed by atoms with Crippen LogP contribution in [0.5, 0.6) is 0 Å². The van der Waals surface area contributed by atoms with Crippen LogP contribution in [0.2, 0.25) is 0 Å². The van der Waals surface area contributed by atoms with Gasteiger partial charge >= 0.3 is 0 Å². The Morgan fingerprint density at radius 2 is 2.40 bits per heavy atom. The molecule has 2 nitrogen and oxygen atoms in total. The standard InChI is InChI=1S/C8H14O2/c1-2-6-3-4-7(9)8(10)5-6/h6,8,10H,2-5H2,1H3. The molecule has 1 N–H and O–H groups in total. The first kappa shape index (κ1) is 7.73. The van der Waals surface area contributed by atoms with Gasteiger partial charge in [-0.25, -0.2) is 0 Å². The fourth-order valence-corrected chi connectivity index (χ4v) is 1.45. The topological polar surface area (TPSA) is 37.3 Å². The Morgan fingerprint density at radius 3 is 2.90 bits per heavy atom. The van der Waals surface area contributed by atoms with E-state index in [1.165, 1.54) is 0 Å². The Bertz CT molecular complexity index is 131. The van der Waals surface area contributed by atoms with E-state index in [1.807, 2.05) is 0 Å². The van der Waals surface area contributed by atoms with Crippen molar-refractivity contribution in [2.24, 2.45) is 5.92 Å². The molecular formula is C8H14O2. The van der Waals surface area contributed by atoms with Gasteiger partial charge in [-0.05, 0) is 18.8 Å². The lowest BCUT2D eigenvalue weighted by Gasteiger charge is -2.23. The summed E-state index contributed by atoms with van der Waals surface area (Å²) in [5.74, 6) is 0.609. The average molecular weight is 142 g/mol. The molecule has 2 unspecified atom stereocenters. The molecule has 0 aromatic carbocycles. The zero-order valence-corrected chi connectivity index (χ0v) is 6.34. The number of ketones is 1. The van der Waals surface area contributed by atoms with E-state index in [0.29, 0.717) is 18.8 Å². The number of rotatable bonds is 1. The van der Waals surface area contributed by atoms with Gasteiger partial charge in [-0.1, -0.05) is 13.3 Å². The van der Waals surface area contributed by atoms with Crippen molar-refractivity contribution in [3.8, 4) is 0 Å². The van der Waals surface area contributed by atoms with Crippen molar-refractivity contribution in [2.45, 2.75) is 38.7 Å². The molecule has 0 saturated heterocycles. The van der Waals surface area contributed by atoms with E-state index in [9.17, 15) is 4.79 Å². The number of hydrogen-bond donors (Lipinski definition) is 1. The highest BCUT2D eigenvalue weighted by Gasteiger charge is 2.25. The monoisotopic (exact) mass is 142 g/mol. The molecule has 1 rings (SSSR count). The van der Waals surface area contributed by atoms with Gasteiger partial charge < -0.3 is 5.11 Å². The van der Waals surface area contributed by atoms with Gasteiger partial charge in [-0.2, -0.15) is 0 Å². The van der Waals surface area contributed by atoms with E-state index in [2.05, 4.69) is 6.92 Å². The third-order valence-electron chi connectivity index (χ3n) is 2.30. The van der Waals surface area contributed by atoms with Crippen LogP contribution in [0.15, 0.2) is 0 Å². The fourth-order valence-electron chi connectivity index (χ4n) is 1.45. The molecule has 2 heteroatoms. The van der Waals surface area contributed by atoms with Gasteiger partial charge in [0.15, 0.2) is 5.78 Å². The number of aliphatic hydroxyl groups is 1. The van der Waals surface area contributed by atoms with Crippen LogP contribution in [0.4, 0.5) is 0 Å². The normalized spacial score (nSPS) is 34.4. The molecule has 0 heterocycles. The Hall–Kier alpha value is -0.370. The number of Topliss-reactive ketones (excluding diaryl/α,β-unsaturated/α-hetero) is 1.